The molecule has 0 spiro atoms. The molecule has 81 valence electrons. The van der Waals surface area contributed by atoms with Gasteiger partial charge in [0.1, 0.15) is 6.61 Å². The molecule has 0 fully saturated rings. The summed E-state index contributed by atoms with van der Waals surface area (Å²) in [7, 11) is 0. The second-order valence-corrected chi connectivity index (χ2v) is 3.71. The summed E-state index contributed by atoms with van der Waals surface area (Å²) in [6.45, 7) is 7.28. The van der Waals surface area contributed by atoms with Gasteiger partial charge < -0.3 is 0 Å². The van der Waals surface area contributed by atoms with Crippen molar-refractivity contribution in [3.8, 4) is 0 Å². The van der Waals surface area contributed by atoms with Crippen LogP contribution in [0.5, 0.6) is 0 Å². The van der Waals surface area contributed by atoms with Gasteiger partial charge in [0.2, 0.25) is 0 Å². The topological polar surface area (TPSA) is 35.5 Å². The SMILES string of the molecule is Cc1ccc(C(=O)OO[CH]C(C)C)cc1. The molecule has 1 rings (SSSR count). The minimum atomic E-state index is -0.480. The average Bonchev–Trinajstić information content (AvgIpc) is 2.18. The molecule has 0 unspecified atom stereocenters. The van der Waals surface area contributed by atoms with Gasteiger partial charge >= 0.3 is 5.97 Å². The molecule has 0 bridgehead atoms. The van der Waals surface area contributed by atoms with Gasteiger partial charge in [0.15, 0.2) is 0 Å². The van der Waals surface area contributed by atoms with Gasteiger partial charge in [-0.1, -0.05) is 31.5 Å². The van der Waals surface area contributed by atoms with Crippen LogP contribution >= 0.6 is 0 Å². The van der Waals surface area contributed by atoms with E-state index in [9.17, 15) is 4.79 Å². The Morgan fingerprint density at radius 3 is 2.40 bits per heavy atom. The lowest BCUT2D eigenvalue weighted by Gasteiger charge is -2.04. The monoisotopic (exact) mass is 207 g/mol. The van der Waals surface area contributed by atoms with Crippen LogP contribution in [0.15, 0.2) is 24.3 Å². The molecular formula is C12H15O3. The van der Waals surface area contributed by atoms with Crippen molar-refractivity contribution in [3.05, 3.63) is 42.0 Å². The van der Waals surface area contributed by atoms with Crippen LogP contribution in [0.1, 0.15) is 29.8 Å². The summed E-state index contributed by atoms with van der Waals surface area (Å²) in [6.07, 6.45) is 0. The van der Waals surface area contributed by atoms with Gasteiger partial charge in [0, 0.05) is 0 Å². The lowest BCUT2D eigenvalue weighted by molar-refractivity contribution is -0.217. The molecule has 0 saturated heterocycles. The first-order valence-electron chi connectivity index (χ1n) is 4.87. The van der Waals surface area contributed by atoms with Gasteiger partial charge in [0.05, 0.1) is 5.56 Å². The lowest BCUT2D eigenvalue weighted by atomic mass is 10.2. The van der Waals surface area contributed by atoms with Gasteiger partial charge in [-0.25, -0.2) is 4.79 Å². The van der Waals surface area contributed by atoms with Crippen molar-refractivity contribution in [2.75, 3.05) is 0 Å². The summed E-state index contributed by atoms with van der Waals surface area (Å²) in [5.74, 6) is -0.261. The van der Waals surface area contributed by atoms with E-state index in [4.69, 9.17) is 0 Å². The predicted octanol–water partition coefficient (Wildman–Crippen LogP) is 2.90. The summed E-state index contributed by atoms with van der Waals surface area (Å²) in [6, 6.07) is 7.11. The maximum atomic E-state index is 11.4. The molecule has 0 aromatic heterocycles. The molecule has 1 aromatic rings. The van der Waals surface area contributed by atoms with Crippen LogP contribution in [-0.2, 0) is 9.78 Å². The van der Waals surface area contributed by atoms with Crippen LogP contribution in [0.4, 0.5) is 0 Å². The minimum absolute atomic E-state index is 0.218. The Kier molecular flexibility index (Phi) is 4.31. The molecule has 0 aliphatic carbocycles. The lowest BCUT2D eigenvalue weighted by Crippen LogP contribution is -2.06. The highest BCUT2D eigenvalue weighted by molar-refractivity contribution is 5.88. The fourth-order valence-electron chi connectivity index (χ4n) is 0.920. The summed E-state index contributed by atoms with van der Waals surface area (Å²) < 4.78 is 0. The quantitative estimate of drug-likeness (QED) is 0.562. The van der Waals surface area contributed by atoms with Crippen molar-refractivity contribution < 1.29 is 14.6 Å². The fraction of sp³-hybridized carbons (Fsp3) is 0.333. The van der Waals surface area contributed by atoms with E-state index in [0.717, 1.165) is 5.56 Å². The summed E-state index contributed by atoms with van der Waals surface area (Å²) in [5.41, 5.74) is 1.58. The van der Waals surface area contributed by atoms with Gasteiger partial charge in [-0.2, -0.15) is 4.89 Å². The highest BCUT2D eigenvalue weighted by Crippen LogP contribution is 2.06. The van der Waals surface area contributed by atoms with Crippen molar-refractivity contribution in [1.82, 2.24) is 0 Å². The maximum absolute atomic E-state index is 11.4. The van der Waals surface area contributed by atoms with E-state index in [-0.39, 0.29) is 5.92 Å². The number of aryl methyl sites for hydroxylation is 1. The molecule has 1 aromatic carbocycles. The molecule has 0 aliphatic heterocycles. The summed E-state index contributed by atoms with van der Waals surface area (Å²) in [4.78, 5) is 20.6. The van der Waals surface area contributed by atoms with E-state index < -0.39 is 5.97 Å². The maximum Gasteiger partial charge on any atom is 0.373 e. The van der Waals surface area contributed by atoms with Crippen molar-refractivity contribution in [2.24, 2.45) is 5.92 Å². The first kappa shape index (κ1) is 11.7. The van der Waals surface area contributed by atoms with Gasteiger partial charge in [-0.05, 0) is 25.0 Å². The molecule has 3 heteroatoms. The third-order valence-corrected chi connectivity index (χ3v) is 1.74. The van der Waals surface area contributed by atoms with Gasteiger partial charge in [-0.3, -0.25) is 4.89 Å². The zero-order chi connectivity index (χ0) is 11.3. The number of hydrogen-bond donors (Lipinski definition) is 0. The highest BCUT2D eigenvalue weighted by Gasteiger charge is 2.08. The van der Waals surface area contributed by atoms with Gasteiger partial charge in [0.25, 0.3) is 0 Å². The van der Waals surface area contributed by atoms with Crippen molar-refractivity contribution in [2.45, 2.75) is 20.8 Å². The largest absolute Gasteiger partial charge is 0.373 e. The summed E-state index contributed by atoms with van der Waals surface area (Å²) in [5, 5.41) is 0. The van der Waals surface area contributed by atoms with Crippen LogP contribution in [0.2, 0.25) is 0 Å². The minimum Gasteiger partial charge on any atom is -0.292 e. The van der Waals surface area contributed by atoms with Crippen LogP contribution in [0.3, 0.4) is 0 Å². The fourth-order valence-corrected chi connectivity index (χ4v) is 0.920. The number of carbonyl (C=O) groups is 1. The first-order valence-corrected chi connectivity index (χ1v) is 4.87. The second-order valence-electron chi connectivity index (χ2n) is 3.71. The highest BCUT2D eigenvalue weighted by atomic mass is 17.2. The van der Waals surface area contributed by atoms with Crippen molar-refractivity contribution >= 4 is 5.97 Å². The molecule has 0 atom stereocenters. The number of benzene rings is 1. The third kappa shape index (κ3) is 4.13. The van der Waals surface area contributed by atoms with Gasteiger partial charge in [-0.15, -0.1) is 0 Å². The summed E-state index contributed by atoms with van der Waals surface area (Å²) >= 11 is 0. The van der Waals surface area contributed by atoms with Crippen molar-refractivity contribution in [1.29, 1.82) is 0 Å². The Hall–Kier alpha value is -1.35. The standard InChI is InChI=1S/C12H15O3/c1-9(2)8-14-15-12(13)11-6-4-10(3)5-7-11/h4-9H,1-3H3. The zero-order valence-corrected chi connectivity index (χ0v) is 9.19. The third-order valence-electron chi connectivity index (χ3n) is 1.74. The van der Waals surface area contributed by atoms with E-state index in [0.29, 0.717) is 5.56 Å². The van der Waals surface area contributed by atoms with E-state index >= 15 is 0 Å². The van der Waals surface area contributed by atoms with E-state index in [1.165, 1.54) is 6.61 Å². The molecule has 0 amide bonds. The Bertz CT molecular complexity index is 314. The van der Waals surface area contributed by atoms with E-state index in [1.54, 1.807) is 12.1 Å². The molecule has 3 nitrogen and oxygen atoms in total. The second kappa shape index (κ2) is 5.51. The molecular weight excluding hydrogens is 192 g/mol. The Morgan fingerprint density at radius 2 is 1.87 bits per heavy atom. The molecule has 0 saturated carbocycles. The average molecular weight is 207 g/mol. The Balaban J connectivity index is 2.43. The van der Waals surface area contributed by atoms with E-state index in [2.05, 4.69) is 9.78 Å². The predicted molar refractivity (Wildman–Crippen MR) is 56.8 cm³/mol. The molecule has 0 aliphatic rings. The molecule has 0 heterocycles. The van der Waals surface area contributed by atoms with Crippen LogP contribution < -0.4 is 0 Å². The normalized spacial score (nSPS) is 10.4. The first-order chi connectivity index (χ1) is 7.09. The molecule has 1 radical (unpaired) electrons. The molecule has 0 N–H and O–H groups in total. The Morgan fingerprint density at radius 1 is 1.27 bits per heavy atom. The number of carbonyl (C=O) groups excluding carboxylic acids is 1. The molecule has 15 heavy (non-hydrogen) atoms. The van der Waals surface area contributed by atoms with Crippen LogP contribution in [0, 0.1) is 19.4 Å². The van der Waals surface area contributed by atoms with Crippen LogP contribution in [0.25, 0.3) is 0 Å². The van der Waals surface area contributed by atoms with Crippen LogP contribution in [-0.4, -0.2) is 5.97 Å². The van der Waals surface area contributed by atoms with E-state index in [1.807, 2.05) is 32.9 Å². The van der Waals surface area contributed by atoms with Crippen molar-refractivity contribution in [3.63, 3.8) is 0 Å². The number of rotatable bonds is 4. The Labute approximate surface area is 89.9 Å². The zero-order valence-electron chi connectivity index (χ0n) is 9.19. The smallest absolute Gasteiger partial charge is 0.292 e. The number of hydrogen-bond acceptors (Lipinski definition) is 3.